The second-order valence-corrected chi connectivity index (χ2v) is 5.37. The molecule has 3 heteroatoms. The van der Waals surface area contributed by atoms with Gasteiger partial charge in [0.15, 0.2) is 0 Å². The molecule has 2 atom stereocenters. The summed E-state index contributed by atoms with van der Waals surface area (Å²) in [7, 11) is 1.64. The van der Waals surface area contributed by atoms with Crippen LogP contribution in [0, 0.1) is 13.8 Å². The molecule has 0 saturated carbocycles. The van der Waals surface area contributed by atoms with E-state index in [1.54, 1.807) is 7.11 Å². The van der Waals surface area contributed by atoms with Gasteiger partial charge in [0.25, 0.3) is 0 Å². The van der Waals surface area contributed by atoms with E-state index in [-0.39, 0.29) is 5.92 Å². The van der Waals surface area contributed by atoms with Crippen LogP contribution in [0.5, 0.6) is 5.75 Å². The van der Waals surface area contributed by atoms with Gasteiger partial charge in [0, 0.05) is 12.5 Å². The first-order valence-corrected chi connectivity index (χ1v) is 7.16. The minimum absolute atomic E-state index is 0.126. The molecular formula is C18H23NO2. The molecule has 2 aromatic rings. The van der Waals surface area contributed by atoms with Gasteiger partial charge in [0.2, 0.25) is 0 Å². The molecule has 0 aliphatic carbocycles. The Hall–Kier alpha value is -1.84. The summed E-state index contributed by atoms with van der Waals surface area (Å²) >= 11 is 0. The summed E-state index contributed by atoms with van der Waals surface area (Å²) in [5.74, 6) is 0.658. The van der Waals surface area contributed by atoms with Gasteiger partial charge in [0.1, 0.15) is 5.75 Å². The number of nitrogens with two attached hydrogens (primary N) is 1. The van der Waals surface area contributed by atoms with Crippen molar-refractivity contribution in [2.45, 2.75) is 25.9 Å². The molecule has 0 amide bonds. The van der Waals surface area contributed by atoms with E-state index in [1.807, 2.05) is 56.3 Å². The third kappa shape index (κ3) is 3.26. The second kappa shape index (κ2) is 6.74. The van der Waals surface area contributed by atoms with E-state index in [0.29, 0.717) is 6.54 Å². The van der Waals surface area contributed by atoms with Gasteiger partial charge in [-0.1, -0.05) is 36.4 Å². The smallest absolute Gasteiger partial charge is 0.122 e. The van der Waals surface area contributed by atoms with Crippen LogP contribution < -0.4 is 10.5 Å². The van der Waals surface area contributed by atoms with Crippen molar-refractivity contribution in [1.29, 1.82) is 0 Å². The molecule has 0 radical (unpaired) electrons. The molecule has 2 aromatic carbocycles. The van der Waals surface area contributed by atoms with Crippen LogP contribution in [0.2, 0.25) is 0 Å². The normalized spacial score (nSPS) is 13.8. The lowest BCUT2D eigenvalue weighted by molar-refractivity contribution is 0.147. The van der Waals surface area contributed by atoms with Crippen molar-refractivity contribution in [2.24, 2.45) is 5.73 Å². The third-order valence-electron chi connectivity index (χ3n) is 4.00. The van der Waals surface area contributed by atoms with Crippen molar-refractivity contribution in [3.8, 4) is 5.75 Å². The summed E-state index contributed by atoms with van der Waals surface area (Å²) in [6, 6.07) is 13.8. The Kier molecular flexibility index (Phi) is 4.99. The number of aryl methyl sites for hydroxylation is 2. The fraction of sp³-hybridized carbons (Fsp3) is 0.333. The molecule has 0 bridgehead atoms. The van der Waals surface area contributed by atoms with Crippen molar-refractivity contribution < 1.29 is 9.84 Å². The van der Waals surface area contributed by atoms with Crippen LogP contribution in [0.3, 0.4) is 0 Å². The van der Waals surface area contributed by atoms with Gasteiger partial charge in [-0.2, -0.15) is 0 Å². The van der Waals surface area contributed by atoms with E-state index >= 15 is 0 Å². The minimum Gasteiger partial charge on any atom is -0.496 e. The zero-order valence-corrected chi connectivity index (χ0v) is 12.8. The summed E-state index contributed by atoms with van der Waals surface area (Å²) in [4.78, 5) is 0. The van der Waals surface area contributed by atoms with Crippen LogP contribution in [0.1, 0.15) is 34.3 Å². The number of rotatable bonds is 5. The highest BCUT2D eigenvalue weighted by atomic mass is 16.5. The zero-order chi connectivity index (χ0) is 15.4. The Morgan fingerprint density at radius 2 is 1.81 bits per heavy atom. The van der Waals surface area contributed by atoms with E-state index in [1.165, 1.54) is 0 Å². The summed E-state index contributed by atoms with van der Waals surface area (Å²) in [5, 5.41) is 10.7. The molecule has 112 valence electrons. The lowest BCUT2D eigenvalue weighted by atomic mass is 9.86. The van der Waals surface area contributed by atoms with Gasteiger partial charge < -0.3 is 15.6 Å². The number of ether oxygens (including phenoxy) is 1. The summed E-state index contributed by atoms with van der Waals surface area (Å²) in [6.07, 6.45) is -0.648. The predicted octanol–water partition coefficient (Wildman–Crippen LogP) is 3.09. The van der Waals surface area contributed by atoms with Gasteiger partial charge in [0.05, 0.1) is 13.2 Å². The molecule has 3 nitrogen and oxygen atoms in total. The highest BCUT2D eigenvalue weighted by molar-refractivity contribution is 5.39. The van der Waals surface area contributed by atoms with Crippen LogP contribution in [0.15, 0.2) is 42.5 Å². The van der Waals surface area contributed by atoms with E-state index in [9.17, 15) is 5.11 Å². The van der Waals surface area contributed by atoms with E-state index in [2.05, 4.69) is 0 Å². The lowest BCUT2D eigenvalue weighted by Gasteiger charge is -2.24. The SMILES string of the molecule is COc1cc(C(O)C(CN)c2ccccc2C)ccc1C. The van der Waals surface area contributed by atoms with Crippen LogP contribution in [-0.4, -0.2) is 18.8 Å². The third-order valence-corrected chi connectivity index (χ3v) is 4.00. The molecule has 0 aliphatic heterocycles. The zero-order valence-electron chi connectivity index (χ0n) is 12.8. The quantitative estimate of drug-likeness (QED) is 0.887. The number of benzene rings is 2. The summed E-state index contributed by atoms with van der Waals surface area (Å²) in [6.45, 7) is 4.42. The maximum atomic E-state index is 10.7. The molecule has 0 aliphatic rings. The van der Waals surface area contributed by atoms with Crippen LogP contribution >= 0.6 is 0 Å². The molecule has 0 fully saturated rings. The summed E-state index contributed by atoms with van der Waals surface area (Å²) < 4.78 is 5.34. The maximum Gasteiger partial charge on any atom is 0.122 e. The topological polar surface area (TPSA) is 55.5 Å². The van der Waals surface area contributed by atoms with Gasteiger partial charge >= 0.3 is 0 Å². The monoisotopic (exact) mass is 285 g/mol. The maximum absolute atomic E-state index is 10.7. The van der Waals surface area contributed by atoms with Crippen molar-refractivity contribution in [3.05, 3.63) is 64.7 Å². The Labute approximate surface area is 126 Å². The first kappa shape index (κ1) is 15.5. The highest BCUT2D eigenvalue weighted by Crippen LogP contribution is 2.34. The number of hydrogen-bond acceptors (Lipinski definition) is 3. The van der Waals surface area contributed by atoms with Gasteiger partial charge in [-0.25, -0.2) is 0 Å². The number of aliphatic hydroxyl groups is 1. The van der Waals surface area contributed by atoms with Crippen LogP contribution in [-0.2, 0) is 0 Å². The molecule has 21 heavy (non-hydrogen) atoms. The standard InChI is InChI=1S/C18H23NO2/c1-12-6-4-5-7-15(12)16(11-19)18(20)14-9-8-13(2)17(10-14)21-3/h4-10,16,18,20H,11,19H2,1-3H3. The summed E-state index contributed by atoms with van der Waals surface area (Å²) in [5.41, 5.74) is 10.0. The average Bonchev–Trinajstić information content (AvgIpc) is 2.50. The van der Waals surface area contributed by atoms with Crippen molar-refractivity contribution in [1.82, 2.24) is 0 Å². The molecule has 0 saturated heterocycles. The average molecular weight is 285 g/mol. The fourth-order valence-electron chi connectivity index (χ4n) is 2.68. The van der Waals surface area contributed by atoms with Crippen LogP contribution in [0.25, 0.3) is 0 Å². The first-order valence-electron chi connectivity index (χ1n) is 7.16. The van der Waals surface area contributed by atoms with Gasteiger partial charge in [-0.15, -0.1) is 0 Å². The Morgan fingerprint density at radius 1 is 1.10 bits per heavy atom. The van der Waals surface area contributed by atoms with Gasteiger partial charge in [-0.3, -0.25) is 0 Å². The van der Waals surface area contributed by atoms with Crippen molar-refractivity contribution in [2.75, 3.05) is 13.7 Å². The predicted molar refractivity (Wildman–Crippen MR) is 85.7 cm³/mol. The largest absolute Gasteiger partial charge is 0.496 e. The van der Waals surface area contributed by atoms with E-state index in [0.717, 1.165) is 28.0 Å². The Bertz CT molecular complexity index is 610. The molecule has 3 N–H and O–H groups in total. The first-order chi connectivity index (χ1) is 10.1. The van der Waals surface area contributed by atoms with Crippen LogP contribution in [0.4, 0.5) is 0 Å². The molecular weight excluding hydrogens is 262 g/mol. The van der Waals surface area contributed by atoms with E-state index < -0.39 is 6.10 Å². The highest BCUT2D eigenvalue weighted by Gasteiger charge is 2.23. The van der Waals surface area contributed by atoms with E-state index in [4.69, 9.17) is 10.5 Å². The van der Waals surface area contributed by atoms with Crippen molar-refractivity contribution in [3.63, 3.8) is 0 Å². The number of hydrogen-bond donors (Lipinski definition) is 2. The van der Waals surface area contributed by atoms with Crippen molar-refractivity contribution >= 4 is 0 Å². The molecule has 0 heterocycles. The lowest BCUT2D eigenvalue weighted by Crippen LogP contribution is -2.21. The fourth-order valence-corrected chi connectivity index (χ4v) is 2.68. The Balaban J connectivity index is 2.37. The number of aliphatic hydroxyl groups excluding tert-OH is 1. The van der Waals surface area contributed by atoms with Gasteiger partial charge in [-0.05, 0) is 42.2 Å². The molecule has 0 spiro atoms. The minimum atomic E-state index is -0.648. The molecule has 0 aromatic heterocycles. The second-order valence-electron chi connectivity index (χ2n) is 5.37. The Morgan fingerprint density at radius 3 is 2.43 bits per heavy atom. The number of methoxy groups -OCH3 is 1. The molecule has 2 rings (SSSR count). The molecule has 2 unspecified atom stereocenters.